The van der Waals surface area contributed by atoms with Crippen molar-refractivity contribution >= 4 is 23.2 Å². The minimum Gasteiger partial charge on any atom is -0.493 e. The number of aromatic nitrogens is 2. The van der Waals surface area contributed by atoms with Gasteiger partial charge in [0.15, 0.2) is 0 Å². The summed E-state index contributed by atoms with van der Waals surface area (Å²) in [6, 6.07) is 22.8. The first-order valence-electron chi connectivity index (χ1n) is 12.0. The zero-order chi connectivity index (χ0) is 26.2. The normalized spacial score (nSPS) is 10.6. The van der Waals surface area contributed by atoms with Crippen LogP contribution in [0, 0.1) is 13.8 Å². The molecule has 0 saturated carbocycles. The van der Waals surface area contributed by atoms with Crippen LogP contribution in [-0.2, 0) is 16.1 Å². The van der Waals surface area contributed by atoms with Crippen molar-refractivity contribution in [2.45, 2.75) is 26.8 Å². The van der Waals surface area contributed by atoms with Gasteiger partial charge in [0.25, 0.3) is 0 Å². The van der Waals surface area contributed by atoms with Crippen LogP contribution in [0.1, 0.15) is 17.5 Å². The molecule has 0 unspecified atom stereocenters. The van der Waals surface area contributed by atoms with Crippen LogP contribution < -0.4 is 19.7 Å². The number of nitrogens with one attached hydrogen (secondary N) is 1. The van der Waals surface area contributed by atoms with Crippen molar-refractivity contribution < 1.29 is 19.1 Å². The van der Waals surface area contributed by atoms with Gasteiger partial charge in [-0.25, -0.2) is 0 Å². The number of rotatable bonds is 10. The Morgan fingerprint density at radius 2 is 1.43 bits per heavy atom. The molecule has 0 spiro atoms. The van der Waals surface area contributed by atoms with Crippen LogP contribution >= 0.6 is 0 Å². The molecular weight excluding hydrogens is 468 g/mol. The lowest BCUT2D eigenvalue weighted by molar-refractivity contribution is -0.119. The molecule has 0 aliphatic rings. The largest absolute Gasteiger partial charge is 0.493 e. The summed E-state index contributed by atoms with van der Waals surface area (Å²) < 4.78 is 12.9. The van der Waals surface area contributed by atoms with Crippen LogP contribution in [0.3, 0.4) is 0 Å². The number of aryl methyl sites for hydroxylation is 2. The molecule has 0 fully saturated rings. The van der Waals surface area contributed by atoms with E-state index in [9.17, 15) is 9.59 Å². The van der Waals surface area contributed by atoms with Gasteiger partial charge in [-0.1, -0.05) is 35.4 Å². The molecule has 8 nitrogen and oxygen atoms in total. The van der Waals surface area contributed by atoms with Crippen molar-refractivity contribution in [1.29, 1.82) is 0 Å². The summed E-state index contributed by atoms with van der Waals surface area (Å²) in [5.74, 6) is 1.82. The molecule has 1 heterocycles. The van der Waals surface area contributed by atoms with Gasteiger partial charge in [-0.05, 0) is 62.4 Å². The predicted octanol–water partition coefficient (Wildman–Crippen LogP) is 5.36. The zero-order valence-electron chi connectivity index (χ0n) is 21.2. The van der Waals surface area contributed by atoms with Crippen molar-refractivity contribution in [3.05, 3.63) is 96.3 Å². The molecule has 0 radical (unpaired) electrons. The zero-order valence-corrected chi connectivity index (χ0v) is 21.2. The van der Waals surface area contributed by atoms with Crippen LogP contribution in [0.4, 0.5) is 11.4 Å². The highest BCUT2D eigenvalue weighted by Gasteiger charge is 2.13. The first-order valence-corrected chi connectivity index (χ1v) is 12.0. The fraction of sp³-hybridized carbons (Fsp3) is 0.207. The maximum Gasteiger partial charge on any atom is 0.248 e. The maximum absolute atomic E-state index is 12.8. The van der Waals surface area contributed by atoms with E-state index in [0.29, 0.717) is 11.4 Å². The van der Waals surface area contributed by atoms with Crippen molar-refractivity contribution in [2.24, 2.45) is 0 Å². The third-order valence-electron chi connectivity index (χ3n) is 5.69. The second-order valence-corrected chi connectivity index (χ2v) is 8.75. The second kappa shape index (κ2) is 11.9. The van der Waals surface area contributed by atoms with Gasteiger partial charge in [-0.15, -0.1) is 0 Å². The number of benzene rings is 3. The molecule has 0 aliphatic carbocycles. The molecule has 1 N–H and O–H groups in total. The maximum atomic E-state index is 12.8. The molecule has 4 aromatic rings. The van der Waals surface area contributed by atoms with E-state index in [1.54, 1.807) is 18.1 Å². The summed E-state index contributed by atoms with van der Waals surface area (Å²) in [6.07, 6.45) is 3.34. The fourth-order valence-corrected chi connectivity index (χ4v) is 3.50. The Balaban J connectivity index is 1.23. The van der Waals surface area contributed by atoms with E-state index in [1.807, 2.05) is 86.6 Å². The van der Waals surface area contributed by atoms with Crippen molar-refractivity contribution in [2.75, 3.05) is 23.9 Å². The van der Waals surface area contributed by atoms with Crippen LogP contribution in [0.25, 0.3) is 0 Å². The Morgan fingerprint density at radius 3 is 2.05 bits per heavy atom. The molecule has 8 heteroatoms. The van der Waals surface area contributed by atoms with Gasteiger partial charge in [0.2, 0.25) is 11.8 Å². The molecule has 4 rings (SSSR count). The second-order valence-electron chi connectivity index (χ2n) is 8.75. The van der Waals surface area contributed by atoms with Crippen LogP contribution in [0.2, 0.25) is 0 Å². The van der Waals surface area contributed by atoms with Crippen LogP contribution in [0.15, 0.2) is 85.2 Å². The van der Waals surface area contributed by atoms with Crippen molar-refractivity contribution in [1.82, 2.24) is 9.78 Å². The highest BCUT2D eigenvalue weighted by Crippen LogP contribution is 2.24. The van der Waals surface area contributed by atoms with Gasteiger partial charge in [0, 0.05) is 18.9 Å². The highest BCUT2D eigenvalue weighted by molar-refractivity contribution is 5.93. The summed E-state index contributed by atoms with van der Waals surface area (Å²) in [5, 5.41) is 6.97. The van der Waals surface area contributed by atoms with Gasteiger partial charge in [0.1, 0.15) is 23.8 Å². The lowest BCUT2D eigenvalue weighted by Crippen LogP contribution is -2.30. The van der Waals surface area contributed by atoms with Gasteiger partial charge in [-0.2, -0.15) is 5.10 Å². The Morgan fingerprint density at radius 1 is 0.865 bits per heavy atom. The molecule has 1 aromatic heterocycles. The molecule has 2 amide bonds. The topological polar surface area (TPSA) is 85.7 Å². The summed E-state index contributed by atoms with van der Waals surface area (Å²) in [5.41, 5.74) is 3.56. The van der Waals surface area contributed by atoms with Gasteiger partial charge >= 0.3 is 0 Å². The fourth-order valence-electron chi connectivity index (χ4n) is 3.50. The number of ether oxygens (including phenoxy) is 2. The Hall–Kier alpha value is -4.59. The number of amides is 2. The van der Waals surface area contributed by atoms with E-state index < -0.39 is 0 Å². The Labute approximate surface area is 216 Å². The first-order chi connectivity index (χ1) is 17.9. The van der Waals surface area contributed by atoms with E-state index >= 15 is 0 Å². The average molecular weight is 499 g/mol. The Bertz CT molecular complexity index is 1330. The van der Waals surface area contributed by atoms with E-state index in [2.05, 4.69) is 10.4 Å². The lowest BCUT2D eigenvalue weighted by Gasteiger charge is -2.18. The molecule has 37 heavy (non-hydrogen) atoms. The van der Waals surface area contributed by atoms with Gasteiger partial charge in [0.05, 0.1) is 24.9 Å². The summed E-state index contributed by atoms with van der Waals surface area (Å²) in [4.78, 5) is 26.6. The SMILES string of the molecule is Cc1ccc(OCCC(=O)Nc2cnn(CC(=O)N(C)c3ccc(Oc4ccc(C)cc4)cc3)c2)cc1. The first kappa shape index (κ1) is 25.5. The highest BCUT2D eigenvalue weighted by atomic mass is 16.5. The quantitative estimate of drug-likeness (QED) is 0.318. The van der Waals surface area contributed by atoms with Crippen molar-refractivity contribution in [3.63, 3.8) is 0 Å². The van der Waals surface area contributed by atoms with Crippen molar-refractivity contribution in [3.8, 4) is 17.2 Å². The van der Waals surface area contributed by atoms with E-state index in [-0.39, 0.29) is 31.4 Å². The minimum atomic E-state index is -0.192. The van der Waals surface area contributed by atoms with Gasteiger partial charge in [-0.3, -0.25) is 14.3 Å². The van der Waals surface area contributed by atoms with Gasteiger partial charge < -0.3 is 19.7 Å². The van der Waals surface area contributed by atoms with E-state index in [0.717, 1.165) is 28.3 Å². The number of nitrogens with zero attached hydrogens (tertiary/aromatic N) is 3. The third kappa shape index (κ3) is 7.44. The molecule has 0 atom stereocenters. The number of carbonyl (C=O) groups excluding carboxylic acids is 2. The van der Waals surface area contributed by atoms with Crippen LogP contribution in [0.5, 0.6) is 17.2 Å². The summed E-state index contributed by atoms with van der Waals surface area (Å²) >= 11 is 0. The molecule has 190 valence electrons. The molecule has 3 aromatic carbocycles. The monoisotopic (exact) mass is 498 g/mol. The lowest BCUT2D eigenvalue weighted by atomic mass is 10.2. The smallest absolute Gasteiger partial charge is 0.248 e. The number of hydrogen-bond donors (Lipinski definition) is 1. The number of likely N-dealkylation sites (N-methyl/N-ethyl adjacent to an activating group) is 1. The average Bonchev–Trinajstić information content (AvgIpc) is 3.33. The third-order valence-corrected chi connectivity index (χ3v) is 5.69. The molecular formula is C29H30N4O4. The molecule has 0 bridgehead atoms. The van der Waals surface area contributed by atoms with E-state index in [1.165, 1.54) is 10.9 Å². The predicted molar refractivity (Wildman–Crippen MR) is 143 cm³/mol. The molecule has 0 aliphatic heterocycles. The summed E-state index contributed by atoms with van der Waals surface area (Å²) in [7, 11) is 1.71. The minimum absolute atomic E-state index is 0.0323. The standard InChI is InChI=1S/C29H30N4O4/c1-21-4-10-25(11-5-21)36-17-16-28(34)31-23-18-30-33(19-23)20-29(35)32(3)24-8-14-27(15-9-24)37-26-12-6-22(2)7-13-26/h4-15,18-19H,16-17,20H2,1-3H3,(H,31,34). The number of anilines is 2. The number of hydrogen-bond acceptors (Lipinski definition) is 5. The summed E-state index contributed by atoms with van der Waals surface area (Å²) in [6.45, 7) is 4.32. The number of carbonyl (C=O) groups is 2. The van der Waals surface area contributed by atoms with E-state index in [4.69, 9.17) is 9.47 Å². The molecule has 0 saturated heterocycles. The van der Waals surface area contributed by atoms with Crippen LogP contribution in [-0.4, -0.2) is 35.2 Å². The Kier molecular flexibility index (Phi) is 8.20.